The highest BCUT2D eigenvalue weighted by atomic mass is 35.5. The summed E-state index contributed by atoms with van der Waals surface area (Å²) < 4.78 is 0. The smallest absolute Gasteiger partial charge is 0.230 e. The Bertz CT molecular complexity index is 523. The van der Waals surface area contributed by atoms with Gasteiger partial charge in [-0.3, -0.25) is 9.59 Å². The zero-order chi connectivity index (χ0) is 14.7. The Morgan fingerprint density at radius 3 is 2.60 bits per heavy atom. The number of anilines is 1. The van der Waals surface area contributed by atoms with Gasteiger partial charge in [-0.05, 0) is 43.0 Å². The topological polar surface area (TPSA) is 37.4 Å². The van der Waals surface area contributed by atoms with Crippen molar-refractivity contribution < 1.29 is 9.59 Å². The zero-order valence-electron chi connectivity index (χ0n) is 12.0. The monoisotopic (exact) mass is 293 g/mol. The fraction of sp³-hybridized carbons (Fsp3) is 0.500. The first kappa shape index (κ1) is 15.0. The van der Waals surface area contributed by atoms with Crippen LogP contribution in [0, 0.1) is 5.92 Å². The van der Waals surface area contributed by atoms with Crippen molar-refractivity contribution in [1.29, 1.82) is 0 Å². The highest BCUT2D eigenvalue weighted by Crippen LogP contribution is 2.31. The molecule has 0 atom stereocenters. The molecule has 0 unspecified atom stereocenters. The molecule has 2 rings (SSSR count). The lowest BCUT2D eigenvalue weighted by atomic mass is 10.0. The number of Topliss-reactive ketones (excluding diaryl/α,β-unsaturated/α-hetero) is 1. The summed E-state index contributed by atoms with van der Waals surface area (Å²) in [5.41, 5.74) is 2.66. The first-order valence-corrected chi connectivity index (χ1v) is 7.69. The summed E-state index contributed by atoms with van der Waals surface area (Å²) in [7, 11) is 0. The second-order valence-corrected chi connectivity index (χ2v) is 5.42. The van der Waals surface area contributed by atoms with E-state index in [0.717, 1.165) is 30.5 Å². The number of carbonyl (C=O) groups is 2. The number of rotatable bonds is 5. The normalized spacial score (nSPS) is 13.7. The molecule has 1 aliphatic heterocycles. The van der Waals surface area contributed by atoms with Crippen LogP contribution >= 0.6 is 11.6 Å². The van der Waals surface area contributed by atoms with Gasteiger partial charge in [0.2, 0.25) is 5.91 Å². The van der Waals surface area contributed by atoms with Crippen LogP contribution in [-0.4, -0.2) is 24.1 Å². The van der Waals surface area contributed by atoms with E-state index >= 15 is 0 Å². The summed E-state index contributed by atoms with van der Waals surface area (Å²) >= 11 is 5.58. The molecule has 0 fully saturated rings. The summed E-state index contributed by atoms with van der Waals surface area (Å²) in [6.07, 6.45) is 2.54. The van der Waals surface area contributed by atoms with E-state index in [1.807, 2.05) is 30.9 Å². The van der Waals surface area contributed by atoms with Gasteiger partial charge in [0, 0.05) is 23.7 Å². The van der Waals surface area contributed by atoms with E-state index in [0.29, 0.717) is 12.1 Å². The van der Waals surface area contributed by atoms with Gasteiger partial charge in [0.25, 0.3) is 0 Å². The average molecular weight is 294 g/mol. The van der Waals surface area contributed by atoms with Crippen molar-refractivity contribution in [3.05, 3.63) is 29.3 Å². The molecule has 0 aromatic heterocycles. The molecule has 1 amide bonds. The van der Waals surface area contributed by atoms with Crippen molar-refractivity contribution in [1.82, 2.24) is 0 Å². The number of hydrogen-bond acceptors (Lipinski definition) is 2. The molecule has 0 aliphatic carbocycles. The Morgan fingerprint density at radius 2 is 2.00 bits per heavy atom. The van der Waals surface area contributed by atoms with E-state index in [1.54, 1.807) is 6.07 Å². The third kappa shape index (κ3) is 2.73. The molecule has 0 bridgehead atoms. The molecule has 20 heavy (non-hydrogen) atoms. The van der Waals surface area contributed by atoms with Gasteiger partial charge in [0.05, 0.1) is 5.88 Å². The minimum Gasteiger partial charge on any atom is -0.312 e. The molecule has 0 saturated carbocycles. The fourth-order valence-electron chi connectivity index (χ4n) is 2.74. The van der Waals surface area contributed by atoms with Crippen LogP contribution in [-0.2, 0) is 11.2 Å². The van der Waals surface area contributed by atoms with E-state index in [-0.39, 0.29) is 23.5 Å². The number of nitrogens with zero attached hydrogens (tertiary/aromatic N) is 1. The molecule has 0 saturated heterocycles. The molecule has 0 radical (unpaired) electrons. The van der Waals surface area contributed by atoms with E-state index in [2.05, 4.69) is 0 Å². The summed E-state index contributed by atoms with van der Waals surface area (Å²) in [6.45, 7) is 4.81. The third-order valence-electron chi connectivity index (χ3n) is 4.02. The summed E-state index contributed by atoms with van der Waals surface area (Å²) in [6, 6.07) is 5.52. The van der Waals surface area contributed by atoms with E-state index in [1.165, 1.54) is 0 Å². The number of halogens is 1. The van der Waals surface area contributed by atoms with Crippen LogP contribution in [0.2, 0.25) is 0 Å². The molecule has 1 aromatic carbocycles. The van der Waals surface area contributed by atoms with Crippen molar-refractivity contribution >= 4 is 29.0 Å². The molecular weight excluding hydrogens is 274 g/mol. The van der Waals surface area contributed by atoms with Crippen LogP contribution in [0.4, 0.5) is 5.69 Å². The number of hydrogen-bond donors (Lipinski definition) is 0. The molecule has 3 nitrogen and oxygen atoms in total. The number of ketones is 1. The lowest BCUT2D eigenvalue weighted by molar-refractivity contribution is -0.122. The Morgan fingerprint density at radius 1 is 1.30 bits per heavy atom. The van der Waals surface area contributed by atoms with Crippen LogP contribution in [0.25, 0.3) is 0 Å². The van der Waals surface area contributed by atoms with Gasteiger partial charge in [-0.15, -0.1) is 11.6 Å². The SMILES string of the molecule is CCC(CC)C(=O)N1CCc2cc(C(=O)CCl)ccc21. The highest BCUT2D eigenvalue weighted by molar-refractivity contribution is 6.30. The first-order chi connectivity index (χ1) is 9.62. The predicted octanol–water partition coefficient (Wildman–Crippen LogP) is 3.43. The molecule has 1 aliphatic rings. The van der Waals surface area contributed by atoms with Crippen molar-refractivity contribution in [3.8, 4) is 0 Å². The Labute approximate surface area is 124 Å². The van der Waals surface area contributed by atoms with Crippen molar-refractivity contribution in [2.75, 3.05) is 17.3 Å². The third-order valence-corrected chi connectivity index (χ3v) is 4.26. The van der Waals surface area contributed by atoms with Crippen molar-refractivity contribution in [2.24, 2.45) is 5.92 Å². The van der Waals surface area contributed by atoms with Gasteiger partial charge in [-0.1, -0.05) is 13.8 Å². The van der Waals surface area contributed by atoms with Gasteiger partial charge in [-0.25, -0.2) is 0 Å². The molecular formula is C16H20ClNO2. The number of benzene rings is 1. The van der Waals surface area contributed by atoms with Gasteiger partial charge >= 0.3 is 0 Å². The van der Waals surface area contributed by atoms with Crippen LogP contribution in [0.1, 0.15) is 42.6 Å². The molecule has 1 aromatic rings. The Kier molecular flexibility index (Phi) is 4.81. The maximum absolute atomic E-state index is 12.5. The number of amides is 1. The number of alkyl halides is 1. The van der Waals surface area contributed by atoms with Gasteiger partial charge in [-0.2, -0.15) is 0 Å². The lowest BCUT2D eigenvalue weighted by Crippen LogP contribution is -2.34. The fourth-order valence-corrected chi connectivity index (χ4v) is 2.89. The minimum atomic E-state index is -0.0702. The quantitative estimate of drug-likeness (QED) is 0.616. The van der Waals surface area contributed by atoms with E-state index in [4.69, 9.17) is 11.6 Å². The van der Waals surface area contributed by atoms with Gasteiger partial charge < -0.3 is 4.90 Å². The lowest BCUT2D eigenvalue weighted by Gasteiger charge is -2.22. The average Bonchev–Trinajstić information content (AvgIpc) is 2.90. The van der Waals surface area contributed by atoms with Crippen LogP contribution in [0.3, 0.4) is 0 Å². The first-order valence-electron chi connectivity index (χ1n) is 7.15. The highest BCUT2D eigenvalue weighted by Gasteiger charge is 2.28. The standard InChI is InChI=1S/C16H20ClNO2/c1-3-11(4-2)16(20)18-8-7-12-9-13(15(19)10-17)5-6-14(12)18/h5-6,9,11H,3-4,7-8,10H2,1-2H3. The minimum absolute atomic E-state index is 0.00479. The summed E-state index contributed by atoms with van der Waals surface area (Å²) in [5.74, 6) is 0.212. The number of fused-ring (bicyclic) bond motifs is 1. The van der Waals surface area contributed by atoms with Crippen molar-refractivity contribution in [3.63, 3.8) is 0 Å². The van der Waals surface area contributed by atoms with Crippen molar-refractivity contribution in [2.45, 2.75) is 33.1 Å². The van der Waals surface area contributed by atoms with E-state index in [9.17, 15) is 9.59 Å². The second-order valence-electron chi connectivity index (χ2n) is 5.15. The van der Waals surface area contributed by atoms with E-state index < -0.39 is 0 Å². The predicted molar refractivity (Wildman–Crippen MR) is 81.6 cm³/mol. The van der Waals surface area contributed by atoms with Gasteiger partial charge in [0.1, 0.15) is 0 Å². The maximum atomic E-state index is 12.5. The Hall–Kier alpha value is -1.35. The van der Waals surface area contributed by atoms with Crippen LogP contribution in [0.15, 0.2) is 18.2 Å². The molecule has 108 valence electrons. The summed E-state index contributed by atoms with van der Waals surface area (Å²) in [4.78, 5) is 26.0. The maximum Gasteiger partial charge on any atom is 0.230 e. The zero-order valence-corrected chi connectivity index (χ0v) is 12.7. The summed E-state index contributed by atoms with van der Waals surface area (Å²) in [5, 5.41) is 0. The molecule has 1 heterocycles. The molecule has 0 spiro atoms. The Balaban J connectivity index is 2.25. The molecule has 4 heteroatoms. The molecule has 0 N–H and O–H groups in total. The largest absolute Gasteiger partial charge is 0.312 e. The second kappa shape index (κ2) is 6.40. The van der Waals surface area contributed by atoms with Crippen LogP contribution in [0.5, 0.6) is 0 Å². The van der Waals surface area contributed by atoms with Crippen LogP contribution < -0.4 is 4.90 Å². The van der Waals surface area contributed by atoms with Gasteiger partial charge in [0.15, 0.2) is 5.78 Å². The number of carbonyl (C=O) groups excluding carboxylic acids is 2.